The molecule has 22 heavy (non-hydrogen) atoms. The maximum absolute atomic E-state index is 12.1. The Bertz CT molecular complexity index is 469. The molecule has 1 aromatic heterocycles. The van der Waals surface area contributed by atoms with Gasteiger partial charge in [-0.1, -0.05) is 26.7 Å². The smallest absolute Gasteiger partial charge is 0.223 e. The lowest BCUT2D eigenvalue weighted by molar-refractivity contribution is -0.126. The van der Waals surface area contributed by atoms with Crippen molar-refractivity contribution in [1.82, 2.24) is 10.3 Å². The molecule has 0 aliphatic carbocycles. The van der Waals surface area contributed by atoms with E-state index in [0.29, 0.717) is 19.4 Å². The van der Waals surface area contributed by atoms with Gasteiger partial charge < -0.3 is 15.3 Å². The van der Waals surface area contributed by atoms with Crippen LogP contribution in [0.3, 0.4) is 0 Å². The number of nitrogens with one attached hydrogen (secondary N) is 1. The van der Waals surface area contributed by atoms with Crippen molar-refractivity contribution < 1.29 is 9.90 Å². The molecule has 1 aromatic rings. The van der Waals surface area contributed by atoms with Crippen LogP contribution in [0.5, 0.6) is 0 Å². The van der Waals surface area contributed by atoms with Crippen LogP contribution in [0.25, 0.3) is 0 Å². The summed E-state index contributed by atoms with van der Waals surface area (Å²) in [5.74, 6) is 0.757. The number of aliphatic hydroxyl groups is 1. The molecule has 0 saturated heterocycles. The maximum atomic E-state index is 12.1. The molecule has 0 aliphatic heterocycles. The van der Waals surface area contributed by atoms with Crippen LogP contribution >= 0.6 is 0 Å². The van der Waals surface area contributed by atoms with Crippen molar-refractivity contribution in [2.24, 2.45) is 0 Å². The first-order chi connectivity index (χ1) is 10.4. The molecule has 2 N–H and O–H groups in total. The summed E-state index contributed by atoms with van der Waals surface area (Å²) in [4.78, 5) is 18.3. The Morgan fingerprint density at radius 2 is 1.95 bits per heavy atom. The topological polar surface area (TPSA) is 65.5 Å². The van der Waals surface area contributed by atoms with Gasteiger partial charge in [0.25, 0.3) is 0 Å². The fourth-order valence-electron chi connectivity index (χ4n) is 2.61. The van der Waals surface area contributed by atoms with Crippen LogP contribution in [-0.2, 0) is 11.3 Å². The van der Waals surface area contributed by atoms with Crippen LogP contribution in [0.2, 0.25) is 0 Å². The van der Waals surface area contributed by atoms with Crippen molar-refractivity contribution in [3.63, 3.8) is 0 Å². The largest absolute Gasteiger partial charge is 0.389 e. The summed E-state index contributed by atoms with van der Waals surface area (Å²) in [6.45, 7) is 4.51. The van der Waals surface area contributed by atoms with Crippen LogP contribution in [0.4, 0.5) is 5.82 Å². The van der Waals surface area contributed by atoms with E-state index >= 15 is 0 Å². The Kier molecular flexibility index (Phi) is 7.32. The quantitative estimate of drug-likeness (QED) is 0.735. The van der Waals surface area contributed by atoms with Crippen LogP contribution in [0.15, 0.2) is 18.3 Å². The first-order valence-corrected chi connectivity index (χ1v) is 8.01. The van der Waals surface area contributed by atoms with Crippen molar-refractivity contribution in [2.45, 2.75) is 58.1 Å². The molecule has 124 valence electrons. The highest BCUT2D eigenvalue weighted by molar-refractivity contribution is 5.77. The average molecular weight is 307 g/mol. The number of carbonyl (C=O) groups excluding carboxylic acids is 1. The lowest BCUT2D eigenvalue weighted by Crippen LogP contribution is -2.36. The molecule has 0 aromatic carbocycles. The van der Waals surface area contributed by atoms with Crippen molar-refractivity contribution in [2.75, 3.05) is 19.0 Å². The highest BCUT2D eigenvalue weighted by Gasteiger charge is 2.27. The maximum Gasteiger partial charge on any atom is 0.223 e. The Balaban J connectivity index is 2.56. The third kappa shape index (κ3) is 6.02. The van der Waals surface area contributed by atoms with E-state index in [2.05, 4.69) is 10.3 Å². The van der Waals surface area contributed by atoms with Crippen LogP contribution in [-0.4, -0.2) is 35.7 Å². The van der Waals surface area contributed by atoms with Gasteiger partial charge in [-0.25, -0.2) is 4.98 Å². The first kappa shape index (κ1) is 18.4. The second kappa shape index (κ2) is 8.73. The number of amides is 1. The zero-order chi connectivity index (χ0) is 16.6. The lowest BCUT2D eigenvalue weighted by Gasteiger charge is -2.26. The summed E-state index contributed by atoms with van der Waals surface area (Å²) in [6.07, 6.45) is 4.98. The Labute approximate surface area is 133 Å². The minimum absolute atomic E-state index is 0.104. The number of hydrogen-bond acceptors (Lipinski definition) is 4. The lowest BCUT2D eigenvalue weighted by atomic mass is 9.89. The normalized spacial score (nSPS) is 11.3. The van der Waals surface area contributed by atoms with E-state index in [1.54, 1.807) is 6.20 Å². The summed E-state index contributed by atoms with van der Waals surface area (Å²) < 4.78 is 0. The molecule has 0 bridgehead atoms. The summed E-state index contributed by atoms with van der Waals surface area (Å²) in [7, 11) is 3.86. The van der Waals surface area contributed by atoms with Crippen molar-refractivity contribution in [3.05, 3.63) is 23.9 Å². The first-order valence-electron chi connectivity index (χ1n) is 8.01. The van der Waals surface area contributed by atoms with Gasteiger partial charge >= 0.3 is 0 Å². The van der Waals surface area contributed by atoms with Gasteiger partial charge in [-0.2, -0.15) is 0 Å². The molecule has 1 amide bonds. The summed E-state index contributed by atoms with van der Waals surface area (Å²) in [5, 5.41) is 13.4. The molecule has 0 aliphatic rings. The third-order valence-electron chi connectivity index (χ3n) is 3.68. The van der Waals surface area contributed by atoms with Crippen LogP contribution < -0.4 is 10.2 Å². The molecular weight excluding hydrogens is 278 g/mol. The molecule has 0 saturated carbocycles. The fourth-order valence-corrected chi connectivity index (χ4v) is 2.61. The number of pyridine rings is 1. The number of hydrogen-bond donors (Lipinski definition) is 2. The van der Waals surface area contributed by atoms with E-state index in [4.69, 9.17) is 0 Å². The van der Waals surface area contributed by atoms with E-state index in [-0.39, 0.29) is 12.3 Å². The molecule has 0 spiro atoms. The molecule has 1 rings (SSSR count). The fraction of sp³-hybridized carbons (Fsp3) is 0.647. The van der Waals surface area contributed by atoms with E-state index in [9.17, 15) is 9.90 Å². The summed E-state index contributed by atoms with van der Waals surface area (Å²) in [5.41, 5.74) is 0.127. The molecule has 0 radical (unpaired) electrons. The predicted molar refractivity (Wildman–Crippen MR) is 89.8 cm³/mol. The summed E-state index contributed by atoms with van der Waals surface area (Å²) in [6, 6.07) is 3.84. The minimum atomic E-state index is -0.874. The molecule has 0 unspecified atom stereocenters. The van der Waals surface area contributed by atoms with Gasteiger partial charge in [0.15, 0.2) is 0 Å². The van der Waals surface area contributed by atoms with Gasteiger partial charge in [0.2, 0.25) is 5.91 Å². The number of rotatable bonds is 9. The van der Waals surface area contributed by atoms with Gasteiger partial charge in [0, 0.05) is 26.8 Å². The Hall–Kier alpha value is -1.62. The van der Waals surface area contributed by atoms with Crippen molar-refractivity contribution in [3.8, 4) is 0 Å². The van der Waals surface area contributed by atoms with Gasteiger partial charge in [-0.3, -0.25) is 4.79 Å². The third-order valence-corrected chi connectivity index (χ3v) is 3.68. The van der Waals surface area contributed by atoms with E-state index < -0.39 is 5.60 Å². The summed E-state index contributed by atoms with van der Waals surface area (Å²) >= 11 is 0. The Morgan fingerprint density at radius 1 is 1.32 bits per heavy atom. The number of aromatic nitrogens is 1. The van der Waals surface area contributed by atoms with E-state index in [1.165, 1.54) is 0 Å². The van der Waals surface area contributed by atoms with E-state index in [0.717, 1.165) is 24.2 Å². The molecule has 5 nitrogen and oxygen atoms in total. The van der Waals surface area contributed by atoms with Crippen LogP contribution in [0, 0.1) is 0 Å². The van der Waals surface area contributed by atoms with E-state index in [1.807, 2.05) is 45.0 Å². The second-order valence-electron chi connectivity index (χ2n) is 6.09. The molecule has 0 atom stereocenters. The zero-order valence-electron chi connectivity index (χ0n) is 14.2. The Morgan fingerprint density at radius 3 is 2.50 bits per heavy atom. The minimum Gasteiger partial charge on any atom is -0.389 e. The predicted octanol–water partition coefficient (Wildman–Crippen LogP) is 2.49. The second-order valence-corrected chi connectivity index (χ2v) is 6.09. The van der Waals surface area contributed by atoms with Gasteiger partial charge in [0.05, 0.1) is 12.0 Å². The number of anilines is 1. The zero-order valence-corrected chi connectivity index (χ0v) is 14.2. The van der Waals surface area contributed by atoms with Gasteiger partial charge in [0.1, 0.15) is 5.82 Å². The van der Waals surface area contributed by atoms with Gasteiger partial charge in [-0.15, -0.1) is 0 Å². The van der Waals surface area contributed by atoms with Crippen molar-refractivity contribution >= 4 is 11.7 Å². The molecular formula is C17H29N3O2. The number of nitrogens with zero attached hydrogens (tertiary/aromatic N) is 2. The molecule has 0 fully saturated rings. The average Bonchev–Trinajstić information content (AvgIpc) is 2.45. The number of carbonyl (C=O) groups is 1. The molecule has 1 heterocycles. The monoisotopic (exact) mass is 307 g/mol. The van der Waals surface area contributed by atoms with Crippen molar-refractivity contribution in [1.29, 1.82) is 0 Å². The highest BCUT2D eigenvalue weighted by atomic mass is 16.3. The van der Waals surface area contributed by atoms with Gasteiger partial charge in [-0.05, 0) is 30.5 Å². The molecule has 5 heteroatoms. The SMILES string of the molecule is CCCC(O)(CCC)CC(=O)NCc1ccnc(N(C)C)c1. The highest BCUT2D eigenvalue weighted by Crippen LogP contribution is 2.23. The standard InChI is InChI=1S/C17H29N3O2/c1-5-8-17(22,9-6-2)12-16(21)19-13-14-7-10-18-15(11-14)20(3)4/h7,10-11,22H,5-6,8-9,12-13H2,1-4H3,(H,19,21). The van der Waals surface area contributed by atoms with Crippen LogP contribution in [0.1, 0.15) is 51.5 Å².